The minimum absolute atomic E-state index is 0.153. The van der Waals surface area contributed by atoms with Crippen LogP contribution in [0.2, 0.25) is 0 Å². The number of rotatable bonds is 10. The van der Waals surface area contributed by atoms with Crippen molar-refractivity contribution in [3.8, 4) is 23.2 Å². The van der Waals surface area contributed by atoms with Crippen molar-refractivity contribution in [3.63, 3.8) is 0 Å². The van der Waals surface area contributed by atoms with Crippen LogP contribution in [0.3, 0.4) is 0 Å². The van der Waals surface area contributed by atoms with Crippen LogP contribution >= 0.6 is 0 Å². The first-order valence-corrected chi connectivity index (χ1v) is 13.8. The van der Waals surface area contributed by atoms with Crippen molar-refractivity contribution in [2.24, 2.45) is 0 Å². The molecule has 1 saturated heterocycles. The summed E-state index contributed by atoms with van der Waals surface area (Å²) in [5.41, 5.74) is 1.53. The minimum Gasteiger partial charge on any atom is -0.497 e. The van der Waals surface area contributed by atoms with Crippen LogP contribution in [-0.4, -0.2) is 89.9 Å². The number of amides is 3. The van der Waals surface area contributed by atoms with Crippen molar-refractivity contribution >= 4 is 23.4 Å². The Bertz CT molecular complexity index is 1530. The third kappa shape index (κ3) is 6.94. The Balaban J connectivity index is 1.33. The lowest BCUT2D eigenvalue weighted by atomic mass is 10.1. The average molecular weight is 587 g/mol. The number of ether oxygens (including phenoxy) is 3. The molecular formula is C30H34N8O5. The molecule has 43 heavy (non-hydrogen) atoms. The van der Waals surface area contributed by atoms with E-state index in [2.05, 4.69) is 20.6 Å². The second-order valence-electron chi connectivity index (χ2n) is 9.72. The standard InChI is InChI=1S/C30H34N8O5/c1-41-23-6-4-22(5-7-23)34-30(40)36-16-17-38(27-11-13-33-29(35-27)37-15-14-31-20-37)25(19-36)28(39)32-12-10-21-18-24(42-2)8-9-26(21)43-3/h4-9,11,13-15,18,20,25H,10,12,16-17,19H2,1-3H3,(H,32,39)(H,34,40). The maximum atomic E-state index is 13.7. The number of nitrogens with one attached hydrogen (secondary N) is 2. The van der Waals surface area contributed by atoms with Gasteiger partial charge in [0.05, 0.1) is 27.9 Å². The Morgan fingerprint density at radius 2 is 1.74 bits per heavy atom. The maximum Gasteiger partial charge on any atom is 0.321 e. The zero-order valence-corrected chi connectivity index (χ0v) is 24.3. The lowest BCUT2D eigenvalue weighted by Gasteiger charge is -2.41. The molecule has 5 rings (SSSR count). The smallest absolute Gasteiger partial charge is 0.321 e. The number of anilines is 2. The van der Waals surface area contributed by atoms with Crippen molar-refractivity contribution in [1.29, 1.82) is 0 Å². The summed E-state index contributed by atoms with van der Waals surface area (Å²) in [5.74, 6) is 2.88. The van der Waals surface area contributed by atoms with Gasteiger partial charge in [-0.3, -0.25) is 9.36 Å². The lowest BCUT2D eigenvalue weighted by Crippen LogP contribution is -2.61. The van der Waals surface area contributed by atoms with Gasteiger partial charge in [0.25, 0.3) is 0 Å². The second kappa shape index (κ2) is 13.6. The van der Waals surface area contributed by atoms with E-state index in [0.29, 0.717) is 60.8 Å². The number of methoxy groups -OCH3 is 3. The summed E-state index contributed by atoms with van der Waals surface area (Å²) in [4.78, 5) is 43.6. The average Bonchev–Trinajstić information content (AvgIpc) is 3.60. The first kappa shape index (κ1) is 29.2. The van der Waals surface area contributed by atoms with E-state index in [9.17, 15) is 9.59 Å². The van der Waals surface area contributed by atoms with E-state index in [4.69, 9.17) is 19.2 Å². The Labute approximate surface area is 249 Å². The molecule has 2 N–H and O–H groups in total. The molecule has 0 spiro atoms. The Morgan fingerprint density at radius 3 is 2.47 bits per heavy atom. The van der Waals surface area contributed by atoms with E-state index < -0.39 is 6.04 Å². The molecule has 1 fully saturated rings. The number of hydrogen-bond acceptors (Lipinski definition) is 9. The van der Waals surface area contributed by atoms with Crippen LogP contribution in [0, 0.1) is 0 Å². The molecular weight excluding hydrogens is 552 g/mol. The van der Waals surface area contributed by atoms with E-state index in [1.165, 1.54) is 0 Å². The topological polar surface area (TPSA) is 136 Å². The third-order valence-electron chi connectivity index (χ3n) is 7.15. The van der Waals surface area contributed by atoms with Gasteiger partial charge in [0.1, 0.15) is 35.4 Å². The summed E-state index contributed by atoms with van der Waals surface area (Å²) >= 11 is 0. The zero-order chi connectivity index (χ0) is 30.2. The van der Waals surface area contributed by atoms with Crippen molar-refractivity contribution in [2.75, 3.05) is 57.7 Å². The summed E-state index contributed by atoms with van der Waals surface area (Å²) in [6.45, 7) is 1.28. The van der Waals surface area contributed by atoms with Crippen molar-refractivity contribution in [3.05, 3.63) is 79.0 Å². The Hall–Kier alpha value is -5.33. The summed E-state index contributed by atoms with van der Waals surface area (Å²) in [6.07, 6.45) is 7.17. The maximum absolute atomic E-state index is 13.7. The Kier molecular flexibility index (Phi) is 9.20. The zero-order valence-electron chi connectivity index (χ0n) is 24.3. The Morgan fingerprint density at radius 1 is 0.953 bits per heavy atom. The fourth-order valence-electron chi connectivity index (χ4n) is 4.86. The van der Waals surface area contributed by atoms with Gasteiger partial charge < -0.3 is 34.6 Å². The van der Waals surface area contributed by atoms with Crippen molar-refractivity contribution < 1.29 is 23.8 Å². The number of carbonyl (C=O) groups is 2. The molecule has 1 atom stereocenters. The number of benzene rings is 2. The normalized spacial score (nSPS) is 14.6. The van der Waals surface area contributed by atoms with Crippen LogP contribution in [0.25, 0.3) is 5.95 Å². The molecule has 13 heteroatoms. The number of nitrogens with zero attached hydrogens (tertiary/aromatic N) is 6. The number of urea groups is 1. The molecule has 3 amide bonds. The van der Waals surface area contributed by atoms with Crippen LogP contribution in [0.15, 0.2) is 73.4 Å². The molecule has 0 bridgehead atoms. The van der Waals surface area contributed by atoms with E-state index in [1.807, 2.05) is 23.1 Å². The molecule has 13 nitrogen and oxygen atoms in total. The van der Waals surface area contributed by atoms with Gasteiger partial charge in [-0.15, -0.1) is 0 Å². The molecule has 1 aliphatic rings. The van der Waals surface area contributed by atoms with Crippen LogP contribution in [0.4, 0.5) is 16.3 Å². The van der Waals surface area contributed by atoms with Gasteiger partial charge >= 0.3 is 6.03 Å². The molecule has 2 aromatic heterocycles. The second-order valence-corrected chi connectivity index (χ2v) is 9.72. The lowest BCUT2D eigenvalue weighted by molar-refractivity contribution is -0.123. The van der Waals surface area contributed by atoms with Crippen LogP contribution in [0.1, 0.15) is 5.56 Å². The number of hydrogen-bond donors (Lipinski definition) is 2. The number of imidazole rings is 1. The number of aromatic nitrogens is 4. The van der Waals surface area contributed by atoms with Gasteiger partial charge in [0.15, 0.2) is 0 Å². The predicted octanol–water partition coefficient (Wildman–Crippen LogP) is 2.77. The van der Waals surface area contributed by atoms with Gasteiger partial charge in [-0.05, 0) is 60.5 Å². The first-order chi connectivity index (χ1) is 21.0. The van der Waals surface area contributed by atoms with Gasteiger partial charge in [-0.1, -0.05) is 0 Å². The fraction of sp³-hybridized carbons (Fsp3) is 0.300. The number of carbonyl (C=O) groups excluding carboxylic acids is 2. The highest BCUT2D eigenvalue weighted by atomic mass is 16.5. The van der Waals surface area contributed by atoms with Crippen LogP contribution in [0.5, 0.6) is 17.2 Å². The van der Waals surface area contributed by atoms with Gasteiger partial charge in [-0.25, -0.2) is 14.8 Å². The summed E-state index contributed by atoms with van der Waals surface area (Å²) in [6, 6.07) is 13.4. The van der Waals surface area contributed by atoms with Crippen molar-refractivity contribution in [1.82, 2.24) is 29.7 Å². The van der Waals surface area contributed by atoms with Crippen LogP contribution in [-0.2, 0) is 11.2 Å². The molecule has 1 unspecified atom stereocenters. The molecule has 0 radical (unpaired) electrons. The molecule has 224 valence electrons. The molecule has 0 aliphatic carbocycles. The van der Waals surface area contributed by atoms with E-state index >= 15 is 0 Å². The first-order valence-electron chi connectivity index (χ1n) is 13.8. The van der Waals surface area contributed by atoms with Crippen LogP contribution < -0.4 is 29.7 Å². The summed E-state index contributed by atoms with van der Waals surface area (Å²) in [5, 5.41) is 5.96. The SMILES string of the molecule is COc1ccc(NC(=O)N2CCN(c3ccnc(-n4ccnc4)n3)C(C(=O)NCCc3cc(OC)ccc3OC)C2)cc1. The van der Waals surface area contributed by atoms with Gasteiger partial charge in [-0.2, -0.15) is 4.98 Å². The molecule has 4 aromatic rings. The quantitative estimate of drug-likeness (QED) is 0.288. The monoisotopic (exact) mass is 586 g/mol. The predicted molar refractivity (Wildman–Crippen MR) is 160 cm³/mol. The summed E-state index contributed by atoms with van der Waals surface area (Å²) in [7, 11) is 4.80. The minimum atomic E-state index is -0.701. The van der Waals surface area contributed by atoms with E-state index in [0.717, 1.165) is 5.56 Å². The highest BCUT2D eigenvalue weighted by Crippen LogP contribution is 2.25. The summed E-state index contributed by atoms with van der Waals surface area (Å²) < 4.78 is 17.7. The molecule has 0 saturated carbocycles. The third-order valence-corrected chi connectivity index (χ3v) is 7.15. The largest absolute Gasteiger partial charge is 0.497 e. The van der Waals surface area contributed by atoms with E-state index in [-0.39, 0.29) is 18.5 Å². The van der Waals surface area contributed by atoms with Crippen molar-refractivity contribution in [2.45, 2.75) is 12.5 Å². The molecule has 3 heterocycles. The molecule has 1 aliphatic heterocycles. The van der Waals surface area contributed by atoms with E-state index in [1.54, 1.807) is 86.0 Å². The fourth-order valence-corrected chi connectivity index (χ4v) is 4.86. The molecule has 2 aromatic carbocycles. The highest BCUT2D eigenvalue weighted by Gasteiger charge is 2.35. The van der Waals surface area contributed by atoms with Gasteiger partial charge in [0.2, 0.25) is 11.9 Å². The number of piperazine rings is 1. The van der Waals surface area contributed by atoms with Gasteiger partial charge in [0, 0.05) is 43.9 Å². The highest BCUT2D eigenvalue weighted by molar-refractivity contribution is 5.91.